The number of nitrogens with zero attached hydrogens (tertiary/aromatic N) is 4. The Hall–Kier alpha value is -5.47. The number of aromatic amines is 2. The summed E-state index contributed by atoms with van der Waals surface area (Å²) in [4.78, 5) is 46.3. The summed E-state index contributed by atoms with van der Waals surface area (Å²) in [5.41, 5.74) is 5.26. The number of hydrogen-bond donors (Lipinski definition) is 4. The van der Waals surface area contributed by atoms with Gasteiger partial charge in [-0.1, -0.05) is 33.8 Å². The van der Waals surface area contributed by atoms with E-state index in [1.54, 1.807) is 22.4 Å². The summed E-state index contributed by atoms with van der Waals surface area (Å²) >= 11 is 1.71. The van der Waals surface area contributed by atoms with Gasteiger partial charge in [0.1, 0.15) is 29.3 Å². The van der Waals surface area contributed by atoms with Gasteiger partial charge in [0.15, 0.2) is 0 Å². The number of H-pyrrole nitrogens is 2. The van der Waals surface area contributed by atoms with Crippen molar-refractivity contribution in [2.24, 2.45) is 11.8 Å². The molecule has 3 aliphatic heterocycles. The van der Waals surface area contributed by atoms with E-state index in [1.807, 2.05) is 26.1 Å². The fourth-order valence-corrected chi connectivity index (χ4v) is 10.2. The van der Waals surface area contributed by atoms with Gasteiger partial charge < -0.3 is 35.0 Å². The fourth-order valence-electron chi connectivity index (χ4n) is 9.14. The van der Waals surface area contributed by atoms with E-state index in [9.17, 15) is 9.59 Å². The fraction of sp³-hybridized carbons (Fsp3) is 0.409. The molecule has 1 saturated carbocycles. The summed E-state index contributed by atoms with van der Waals surface area (Å²) in [5, 5.41) is 7.36. The zero-order chi connectivity index (χ0) is 40.0. The second-order valence-corrected chi connectivity index (χ2v) is 18.0. The SMILES string of the molecule is COC(=O)N[C@H](C(=O)N1CCC[C@H]1c1ncc(-c2cc(F)c3c(c2)OC(c2ccc(C(C)C)s2)n2c-3cc3cc(-c4cnc(C5C[C@@H]6C[C@@H]6N5)[nH]4)ccc32)[nH]1)C(C)C. The Labute approximate surface area is 339 Å². The van der Waals surface area contributed by atoms with Crippen molar-refractivity contribution in [2.75, 3.05) is 13.7 Å². The number of imidazole rings is 2. The van der Waals surface area contributed by atoms with E-state index in [1.165, 1.54) is 24.5 Å². The maximum atomic E-state index is 16.7. The molecule has 58 heavy (non-hydrogen) atoms. The van der Waals surface area contributed by atoms with Crippen LogP contribution in [0.25, 0.3) is 44.7 Å². The molecule has 12 nitrogen and oxygen atoms in total. The monoisotopic (exact) mass is 802 g/mol. The van der Waals surface area contributed by atoms with Crippen molar-refractivity contribution in [1.82, 2.24) is 40.0 Å². The number of halogens is 1. The molecule has 2 saturated heterocycles. The van der Waals surface area contributed by atoms with Crippen LogP contribution in [0.4, 0.5) is 9.18 Å². The summed E-state index contributed by atoms with van der Waals surface area (Å²) in [5.74, 6) is 2.40. The van der Waals surface area contributed by atoms with E-state index in [2.05, 4.69) is 75.4 Å². The lowest BCUT2D eigenvalue weighted by Gasteiger charge is -2.30. The number of carbonyl (C=O) groups is 2. The molecule has 14 heteroatoms. The average molecular weight is 803 g/mol. The third-order valence-corrected chi connectivity index (χ3v) is 13.8. The Morgan fingerprint density at radius 3 is 2.52 bits per heavy atom. The Morgan fingerprint density at radius 1 is 0.983 bits per heavy atom. The van der Waals surface area contributed by atoms with Crippen molar-refractivity contribution >= 4 is 34.2 Å². The van der Waals surface area contributed by atoms with Crippen molar-refractivity contribution in [3.8, 4) is 39.5 Å². The van der Waals surface area contributed by atoms with Crippen molar-refractivity contribution in [3.63, 3.8) is 0 Å². The summed E-state index contributed by atoms with van der Waals surface area (Å²) in [6.07, 6.45) is 6.31. The van der Waals surface area contributed by atoms with Crippen LogP contribution in [0.1, 0.15) is 99.0 Å². The molecule has 2 aromatic carbocycles. The molecule has 0 bridgehead atoms. The van der Waals surface area contributed by atoms with Crippen LogP contribution in [0.15, 0.2) is 60.9 Å². The first-order valence-electron chi connectivity index (χ1n) is 20.3. The van der Waals surface area contributed by atoms with E-state index < -0.39 is 24.2 Å². The Bertz CT molecular complexity index is 2560. The van der Waals surface area contributed by atoms with Gasteiger partial charge in [0.25, 0.3) is 0 Å². The number of aromatic nitrogens is 5. The molecule has 10 rings (SSSR count). The van der Waals surface area contributed by atoms with Crippen LogP contribution in [0.3, 0.4) is 0 Å². The van der Waals surface area contributed by atoms with Crippen molar-refractivity contribution in [1.29, 1.82) is 0 Å². The minimum atomic E-state index is -0.743. The number of carbonyl (C=O) groups excluding carboxylic acids is 2. The zero-order valence-electron chi connectivity index (χ0n) is 33.1. The van der Waals surface area contributed by atoms with Crippen LogP contribution >= 0.6 is 11.3 Å². The lowest BCUT2D eigenvalue weighted by atomic mass is 10.0. The van der Waals surface area contributed by atoms with Gasteiger partial charge in [0, 0.05) is 34.0 Å². The lowest BCUT2D eigenvalue weighted by molar-refractivity contribution is -0.135. The first kappa shape index (κ1) is 36.8. The van der Waals surface area contributed by atoms with Crippen LogP contribution in [-0.4, -0.2) is 67.1 Å². The third-order valence-electron chi connectivity index (χ3n) is 12.3. The number of piperidine rings is 1. The van der Waals surface area contributed by atoms with Gasteiger partial charge in [-0.2, -0.15) is 0 Å². The molecule has 7 heterocycles. The van der Waals surface area contributed by atoms with Crippen LogP contribution in [0, 0.1) is 17.7 Å². The average Bonchev–Trinajstić information content (AvgIpc) is 3.98. The molecule has 3 fully saturated rings. The normalized spacial score (nSPS) is 22.6. The number of nitrogens with one attached hydrogen (secondary N) is 4. The number of likely N-dealkylation sites (tertiary alicyclic amines) is 1. The Kier molecular flexibility index (Phi) is 8.97. The quantitative estimate of drug-likeness (QED) is 0.115. The van der Waals surface area contributed by atoms with Crippen molar-refractivity contribution in [2.45, 2.75) is 89.7 Å². The molecule has 2 amide bonds. The van der Waals surface area contributed by atoms with Gasteiger partial charge >= 0.3 is 6.09 Å². The Morgan fingerprint density at radius 2 is 1.78 bits per heavy atom. The van der Waals surface area contributed by atoms with Crippen LogP contribution in [-0.2, 0) is 9.53 Å². The van der Waals surface area contributed by atoms with Gasteiger partial charge in [-0.25, -0.2) is 19.2 Å². The van der Waals surface area contributed by atoms with E-state index >= 15 is 4.39 Å². The predicted molar refractivity (Wildman–Crippen MR) is 220 cm³/mol. The topological polar surface area (TPSA) is 142 Å². The number of amides is 2. The molecule has 1 aliphatic carbocycles. The molecule has 6 aromatic rings. The molecular weight excluding hydrogens is 756 g/mol. The Balaban J connectivity index is 0.993. The molecule has 4 aromatic heterocycles. The number of benzene rings is 2. The summed E-state index contributed by atoms with van der Waals surface area (Å²) in [6.45, 7) is 8.67. The molecule has 4 aliphatic rings. The predicted octanol–water partition coefficient (Wildman–Crippen LogP) is 8.82. The molecule has 2 unspecified atom stereocenters. The molecule has 0 spiro atoms. The highest BCUT2D eigenvalue weighted by molar-refractivity contribution is 7.12. The second kappa shape index (κ2) is 14.1. The molecular formula is C44H47FN8O4S. The summed E-state index contributed by atoms with van der Waals surface area (Å²) in [6, 6.07) is 15.9. The summed E-state index contributed by atoms with van der Waals surface area (Å²) < 4.78 is 30.5. The highest BCUT2D eigenvalue weighted by Gasteiger charge is 2.47. The molecule has 4 N–H and O–H groups in total. The van der Waals surface area contributed by atoms with E-state index in [0.29, 0.717) is 53.3 Å². The van der Waals surface area contributed by atoms with Crippen molar-refractivity contribution in [3.05, 3.63) is 88.1 Å². The minimum absolute atomic E-state index is 0.150. The van der Waals surface area contributed by atoms with Gasteiger partial charge in [-0.3, -0.25) is 9.36 Å². The van der Waals surface area contributed by atoms with E-state index in [0.717, 1.165) is 57.3 Å². The van der Waals surface area contributed by atoms with Gasteiger partial charge in [-0.05, 0) is 85.9 Å². The molecule has 0 radical (unpaired) electrons. The standard InChI is InChI=1S/C44H47FN8O4S/c1-21(2)36-10-11-37(58-36)43-53-32-9-8-23(30-19-46-40(49-30)29-16-25-15-28(25)48-29)13-26(32)17-34(53)38-27(45)14-24(18-35(38)57-43)31-20-47-41(50-31)33-7-6-12-52(33)42(54)39(22(3)4)51-44(55)56-5/h8-11,13-14,17-22,25,28-29,33,39,43,48H,6-7,12,15-16H2,1-5H3,(H,46,49)(H,47,50)(H,51,55)/t25-,28-,29?,33-,39-,43?/m0/s1. The maximum Gasteiger partial charge on any atom is 0.407 e. The third kappa shape index (κ3) is 6.28. The first-order valence-corrected chi connectivity index (χ1v) is 21.1. The highest BCUT2D eigenvalue weighted by atomic mass is 32.1. The largest absolute Gasteiger partial charge is 0.464 e. The number of methoxy groups -OCH3 is 1. The number of thiophene rings is 1. The highest BCUT2D eigenvalue weighted by Crippen LogP contribution is 2.49. The molecule has 300 valence electrons. The lowest BCUT2D eigenvalue weighted by Crippen LogP contribution is -2.51. The minimum Gasteiger partial charge on any atom is -0.464 e. The maximum absolute atomic E-state index is 16.7. The number of fused-ring (bicyclic) bond motifs is 6. The molecule has 6 atom stereocenters. The van der Waals surface area contributed by atoms with Gasteiger partial charge in [-0.15, -0.1) is 11.3 Å². The van der Waals surface area contributed by atoms with Crippen LogP contribution in [0.5, 0.6) is 5.75 Å². The van der Waals surface area contributed by atoms with Crippen LogP contribution in [0.2, 0.25) is 0 Å². The van der Waals surface area contributed by atoms with Gasteiger partial charge in [0.05, 0.1) is 64.6 Å². The second-order valence-electron chi connectivity index (χ2n) is 16.8. The number of rotatable bonds is 9. The van der Waals surface area contributed by atoms with E-state index in [-0.39, 0.29) is 23.9 Å². The smallest absolute Gasteiger partial charge is 0.407 e. The summed E-state index contributed by atoms with van der Waals surface area (Å²) in [7, 11) is 1.28. The number of alkyl carbamates (subject to hydrolysis) is 1. The first-order chi connectivity index (χ1) is 28.0. The van der Waals surface area contributed by atoms with Crippen molar-refractivity contribution < 1.29 is 23.5 Å². The van der Waals surface area contributed by atoms with E-state index in [4.69, 9.17) is 19.4 Å². The number of hydrogen-bond acceptors (Lipinski definition) is 8. The van der Waals surface area contributed by atoms with Gasteiger partial charge in [0.2, 0.25) is 12.1 Å². The van der Waals surface area contributed by atoms with Crippen LogP contribution < -0.4 is 15.4 Å². The number of ether oxygens (including phenoxy) is 2. The zero-order valence-corrected chi connectivity index (χ0v) is 34.0.